The lowest BCUT2D eigenvalue weighted by Gasteiger charge is -2.14. The molecule has 0 spiro atoms. The van der Waals surface area contributed by atoms with Crippen molar-refractivity contribution in [2.75, 3.05) is 0 Å². The highest BCUT2D eigenvalue weighted by molar-refractivity contribution is 5.91. The fourth-order valence-electron chi connectivity index (χ4n) is 0.266. The van der Waals surface area contributed by atoms with Gasteiger partial charge >= 0.3 is 12.1 Å². The third kappa shape index (κ3) is 13.1. The van der Waals surface area contributed by atoms with Crippen molar-refractivity contribution in [3.63, 3.8) is 0 Å². The molecule has 14 heavy (non-hydrogen) atoms. The first kappa shape index (κ1) is 15.0. The first-order valence-corrected chi connectivity index (χ1v) is 4.24. The van der Waals surface area contributed by atoms with E-state index in [0.717, 1.165) is 0 Å². The van der Waals surface area contributed by atoms with Gasteiger partial charge in [0.2, 0.25) is 0 Å². The first-order valence-electron chi connectivity index (χ1n) is 4.24. The van der Waals surface area contributed by atoms with Crippen LogP contribution >= 0.6 is 0 Å². The Bertz CT molecular complexity index is 200. The van der Waals surface area contributed by atoms with E-state index in [-0.39, 0.29) is 0 Å². The molecule has 82 valence electrons. The summed E-state index contributed by atoms with van der Waals surface area (Å²) >= 11 is 0. The molecule has 4 amide bonds. The average Bonchev–Trinajstić information content (AvgIpc) is 2.03. The third-order valence-corrected chi connectivity index (χ3v) is 1.71. The van der Waals surface area contributed by atoms with Gasteiger partial charge in [-0.1, -0.05) is 26.8 Å². The van der Waals surface area contributed by atoms with E-state index in [1.807, 2.05) is 6.08 Å². The van der Waals surface area contributed by atoms with E-state index in [0.29, 0.717) is 5.41 Å². The van der Waals surface area contributed by atoms with Crippen LogP contribution in [0.1, 0.15) is 27.2 Å². The Morgan fingerprint density at radius 1 is 1.36 bits per heavy atom. The molecule has 0 heterocycles. The molecule has 0 saturated heterocycles. The molecule has 5 N–H and O–H groups in total. The number of amides is 4. The number of imide groups is 1. The molecular weight excluding hydrogens is 182 g/mol. The van der Waals surface area contributed by atoms with Gasteiger partial charge < -0.3 is 11.5 Å². The Hall–Kier alpha value is -1.52. The Kier molecular flexibility index (Phi) is 7.42. The van der Waals surface area contributed by atoms with Gasteiger partial charge in [-0.15, -0.1) is 6.58 Å². The number of carbonyl (C=O) groups is 2. The van der Waals surface area contributed by atoms with Gasteiger partial charge in [0.05, 0.1) is 0 Å². The van der Waals surface area contributed by atoms with Gasteiger partial charge in [0.1, 0.15) is 0 Å². The quantitative estimate of drug-likeness (QED) is 0.587. The minimum atomic E-state index is -0.938. The van der Waals surface area contributed by atoms with E-state index in [2.05, 4.69) is 38.8 Å². The van der Waals surface area contributed by atoms with Crippen molar-refractivity contribution in [3.8, 4) is 0 Å². The summed E-state index contributed by atoms with van der Waals surface area (Å²) in [7, 11) is 0. The Morgan fingerprint density at radius 3 is 1.71 bits per heavy atom. The molecule has 0 rings (SSSR count). The number of allylic oxidation sites excluding steroid dienone is 1. The largest absolute Gasteiger partial charge is 0.351 e. The van der Waals surface area contributed by atoms with E-state index < -0.39 is 12.1 Å². The van der Waals surface area contributed by atoms with Gasteiger partial charge in [-0.05, 0) is 11.8 Å². The summed E-state index contributed by atoms with van der Waals surface area (Å²) < 4.78 is 0. The van der Waals surface area contributed by atoms with Crippen molar-refractivity contribution >= 4 is 12.1 Å². The first-order chi connectivity index (χ1) is 6.25. The third-order valence-electron chi connectivity index (χ3n) is 1.71. The van der Waals surface area contributed by atoms with Gasteiger partial charge in [-0.3, -0.25) is 5.32 Å². The van der Waals surface area contributed by atoms with Crippen LogP contribution in [0.25, 0.3) is 0 Å². The monoisotopic (exact) mass is 201 g/mol. The van der Waals surface area contributed by atoms with Crippen LogP contribution in [0.2, 0.25) is 0 Å². The SMILES string of the molecule is C=CC(C)(C)CC.NC(=O)NC(N)=O. The number of hydrogen-bond acceptors (Lipinski definition) is 2. The van der Waals surface area contributed by atoms with Gasteiger partial charge in [0, 0.05) is 0 Å². The van der Waals surface area contributed by atoms with Crippen LogP contribution in [-0.2, 0) is 0 Å². The number of nitrogens with two attached hydrogens (primary N) is 2. The van der Waals surface area contributed by atoms with Crippen LogP contribution in [0.15, 0.2) is 12.7 Å². The zero-order valence-corrected chi connectivity index (χ0v) is 8.96. The predicted octanol–water partition coefficient (Wildman–Crippen LogP) is 1.34. The van der Waals surface area contributed by atoms with Crippen molar-refractivity contribution in [2.45, 2.75) is 27.2 Å². The van der Waals surface area contributed by atoms with E-state index in [9.17, 15) is 9.59 Å². The molecule has 0 aliphatic rings. The second-order valence-electron chi connectivity index (χ2n) is 3.40. The number of nitrogens with one attached hydrogen (secondary N) is 1. The second-order valence-corrected chi connectivity index (χ2v) is 3.40. The van der Waals surface area contributed by atoms with Crippen molar-refractivity contribution in [2.24, 2.45) is 16.9 Å². The molecular formula is C9H19N3O2. The van der Waals surface area contributed by atoms with Gasteiger partial charge in [0.15, 0.2) is 0 Å². The maximum absolute atomic E-state index is 9.62. The summed E-state index contributed by atoms with van der Waals surface area (Å²) in [6, 6.07) is -1.88. The zero-order chi connectivity index (χ0) is 11.8. The minimum Gasteiger partial charge on any atom is -0.351 e. The maximum Gasteiger partial charge on any atom is 0.320 e. The van der Waals surface area contributed by atoms with Gasteiger partial charge in [-0.2, -0.15) is 0 Å². The van der Waals surface area contributed by atoms with Crippen LogP contribution in [0.3, 0.4) is 0 Å². The average molecular weight is 201 g/mol. The zero-order valence-electron chi connectivity index (χ0n) is 8.96. The summed E-state index contributed by atoms with van der Waals surface area (Å²) in [5.74, 6) is 0. The smallest absolute Gasteiger partial charge is 0.320 e. The topological polar surface area (TPSA) is 98.2 Å². The van der Waals surface area contributed by atoms with Crippen LogP contribution in [-0.4, -0.2) is 12.1 Å². The molecule has 0 radical (unpaired) electrons. The second kappa shape index (κ2) is 6.94. The molecule has 0 fully saturated rings. The fraction of sp³-hybridized carbons (Fsp3) is 0.556. The predicted molar refractivity (Wildman–Crippen MR) is 56.6 cm³/mol. The summed E-state index contributed by atoms with van der Waals surface area (Å²) in [5.41, 5.74) is 9.23. The number of carbonyl (C=O) groups excluding carboxylic acids is 2. The van der Waals surface area contributed by atoms with Crippen LogP contribution in [0.5, 0.6) is 0 Å². The highest BCUT2D eigenvalue weighted by Gasteiger charge is 2.06. The van der Waals surface area contributed by atoms with E-state index >= 15 is 0 Å². The van der Waals surface area contributed by atoms with Crippen molar-refractivity contribution in [1.29, 1.82) is 0 Å². The summed E-state index contributed by atoms with van der Waals surface area (Å²) in [6.07, 6.45) is 3.17. The summed E-state index contributed by atoms with van der Waals surface area (Å²) in [4.78, 5) is 19.2. The van der Waals surface area contributed by atoms with Crippen molar-refractivity contribution < 1.29 is 9.59 Å². The number of urea groups is 2. The normalized spacial score (nSPS) is 9.36. The molecule has 0 bridgehead atoms. The Labute approximate surface area is 84.5 Å². The van der Waals surface area contributed by atoms with Crippen molar-refractivity contribution in [3.05, 3.63) is 12.7 Å². The lowest BCUT2D eigenvalue weighted by molar-refractivity contribution is 0.236. The molecule has 0 aromatic carbocycles. The molecule has 0 atom stereocenters. The molecule has 5 heteroatoms. The molecule has 0 unspecified atom stereocenters. The van der Waals surface area contributed by atoms with Gasteiger partial charge in [0.25, 0.3) is 0 Å². The highest BCUT2D eigenvalue weighted by atomic mass is 16.2. The Morgan fingerprint density at radius 2 is 1.71 bits per heavy atom. The molecule has 0 aliphatic carbocycles. The number of hydrogen-bond donors (Lipinski definition) is 3. The number of rotatable bonds is 2. The molecule has 0 aromatic heterocycles. The standard InChI is InChI=1S/C7H14.C2H5N3O2/c1-5-7(3,4)6-2;3-1(6)5-2(4)7/h5H,1,6H2,2-4H3;(H5,3,4,5,6,7). The molecule has 0 aromatic rings. The van der Waals surface area contributed by atoms with E-state index in [1.54, 1.807) is 5.32 Å². The highest BCUT2D eigenvalue weighted by Crippen LogP contribution is 2.19. The fourth-order valence-corrected chi connectivity index (χ4v) is 0.266. The van der Waals surface area contributed by atoms with Crippen LogP contribution in [0, 0.1) is 5.41 Å². The summed E-state index contributed by atoms with van der Waals surface area (Å²) in [5, 5.41) is 1.58. The minimum absolute atomic E-state index is 0.347. The summed E-state index contributed by atoms with van der Waals surface area (Å²) in [6.45, 7) is 10.2. The lowest BCUT2D eigenvalue weighted by atomic mass is 9.91. The van der Waals surface area contributed by atoms with Gasteiger partial charge in [-0.25, -0.2) is 9.59 Å². The molecule has 0 saturated carbocycles. The van der Waals surface area contributed by atoms with Crippen LogP contribution in [0.4, 0.5) is 9.59 Å². The Balaban J connectivity index is 0. The van der Waals surface area contributed by atoms with E-state index in [4.69, 9.17) is 0 Å². The lowest BCUT2D eigenvalue weighted by Crippen LogP contribution is -2.38. The van der Waals surface area contributed by atoms with E-state index in [1.165, 1.54) is 6.42 Å². The maximum atomic E-state index is 9.62. The van der Waals surface area contributed by atoms with Crippen molar-refractivity contribution in [1.82, 2.24) is 5.32 Å². The molecule has 5 nitrogen and oxygen atoms in total. The van der Waals surface area contributed by atoms with Crippen LogP contribution < -0.4 is 16.8 Å². The molecule has 0 aliphatic heterocycles. The number of primary amides is 2.